The van der Waals surface area contributed by atoms with Gasteiger partial charge in [-0.3, -0.25) is 0 Å². The highest BCUT2D eigenvalue weighted by molar-refractivity contribution is 5.80. The Bertz CT molecular complexity index is 851. The molecule has 3 rings (SSSR count). The van der Waals surface area contributed by atoms with E-state index in [2.05, 4.69) is 18.0 Å². The molecule has 1 aliphatic rings. The molecule has 0 radical (unpaired) electrons. The van der Waals surface area contributed by atoms with Crippen molar-refractivity contribution >= 4 is 12.2 Å². The van der Waals surface area contributed by atoms with Gasteiger partial charge in [0.25, 0.3) is 0 Å². The smallest absolute Gasteiger partial charge is 0.176 e. The highest BCUT2D eigenvalue weighted by Crippen LogP contribution is 2.41. The number of fused-ring (bicyclic) bond motifs is 1. The molecule has 1 heterocycles. The SMILES string of the molecule is CCO/C=N/c1nc2c(c(-c3ccc(OC)cc3)c1C#N)CCCC2C. The summed E-state index contributed by atoms with van der Waals surface area (Å²) in [5.41, 5.74) is 4.64. The van der Waals surface area contributed by atoms with E-state index in [9.17, 15) is 5.26 Å². The molecule has 0 aliphatic heterocycles. The highest BCUT2D eigenvalue weighted by Gasteiger charge is 2.26. The highest BCUT2D eigenvalue weighted by atomic mass is 16.5. The van der Waals surface area contributed by atoms with Gasteiger partial charge in [0, 0.05) is 11.3 Å². The molecule has 1 aliphatic carbocycles. The molecule has 0 saturated carbocycles. The third kappa shape index (κ3) is 3.41. The van der Waals surface area contributed by atoms with Crippen molar-refractivity contribution in [3.63, 3.8) is 0 Å². The summed E-state index contributed by atoms with van der Waals surface area (Å²) in [6.07, 6.45) is 4.51. The molecule has 5 nitrogen and oxygen atoms in total. The van der Waals surface area contributed by atoms with Crippen molar-refractivity contribution in [3.8, 4) is 22.9 Å². The molecular weight excluding hydrogens is 326 g/mol. The van der Waals surface area contributed by atoms with E-state index in [0.717, 1.165) is 41.8 Å². The van der Waals surface area contributed by atoms with Crippen molar-refractivity contribution in [2.45, 2.75) is 39.0 Å². The fourth-order valence-electron chi connectivity index (χ4n) is 3.45. The first-order valence-corrected chi connectivity index (χ1v) is 8.95. The molecule has 1 unspecified atom stereocenters. The Morgan fingerprint density at radius 1 is 1.35 bits per heavy atom. The maximum atomic E-state index is 9.86. The number of hydrogen-bond donors (Lipinski definition) is 0. The molecule has 0 amide bonds. The standard InChI is InChI=1S/C21H23N3O2/c1-4-26-13-23-21-18(12-22)19(15-8-10-16(25-3)11-9-15)17-7-5-6-14(2)20(17)24-21/h8-11,13-14H,4-7H2,1-3H3/b23-13+. The number of ether oxygens (including phenoxy) is 2. The lowest BCUT2D eigenvalue weighted by atomic mass is 9.82. The molecule has 0 N–H and O–H groups in total. The number of aliphatic imine (C=N–C) groups is 1. The van der Waals surface area contributed by atoms with Crippen LogP contribution in [0.15, 0.2) is 29.3 Å². The lowest BCUT2D eigenvalue weighted by molar-refractivity contribution is 0.344. The van der Waals surface area contributed by atoms with Crippen molar-refractivity contribution < 1.29 is 9.47 Å². The fourth-order valence-corrected chi connectivity index (χ4v) is 3.45. The van der Waals surface area contributed by atoms with Gasteiger partial charge in [-0.25, -0.2) is 4.98 Å². The summed E-state index contributed by atoms with van der Waals surface area (Å²) in [5, 5.41) is 9.86. The van der Waals surface area contributed by atoms with Gasteiger partial charge >= 0.3 is 0 Å². The van der Waals surface area contributed by atoms with Gasteiger partial charge in [-0.05, 0) is 55.4 Å². The number of pyridine rings is 1. The first kappa shape index (κ1) is 17.9. The van der Waals surface area contributed by atoms with Gasteiger partial charge in [0.15, 0.2) is 12.2 Å². The Morgan fingerprint density at radius 3 is 2.77 bits per heavy atom. The second kappa shape index (κ2) is 8.01. The molecule has 0 bridgehead atoms. The zero-order valence-electron chi connectivity index (χ0n) is 15.5. The van der Waals surface area contributed by atoms with E-state index in [1.165, 1.54) is 12.0 Å². The van der Waals surface area contributed by atoms with E-state index >= 15 is 0 Å². The Morgan fingerprint density at radius 2 is 2.12 bits per heavy atom. The van der Waals surface area contributed by atoms with Crippen molar-refractivity contribution in [1.82, 2.24) is 4.98 Å². The van der Waals surface area contributed by atoms with Crippen LogP contribution in [0.4, 0.5) is 5.82 Å². The summed E-state index contributed by atoms with van der Waals surface area (Å²) in [5.74, 6) is 1.57. The summed E-state index contributed by atoms with van der Waals surface area (Å²) in [6, 6.07) is 10.1. The van der Waals surface area contributed by atoms with E-state index in [1.807, 2.05) is 31.2 Å². The second-order valence-corrected chi connectivity index (χ2v) is 6.37. The van der Waals surface area contributed by atoms with Gasteiger partial charge < -0.3 is 9.47 Å². The monoisotopic (exact) mass is 349 g/mol. The largest absolute Gasteiger partial charge is 0.497 e. The Balaban J connectivity index is 2.23. The zero-order chi connectivity index (χ0) is 18.5. The number of methoxy groups -OCH3 is 1. The number of aromatic nitrogens is 1. The molecule has 1 aromatic carbocycles. The van der Waals surface area contributed by atoms with Crippen LogP contribution in [-0.2, 0) is 11.2 Å². The quantitative estimate of drug-likeness (QED) is 0.576. The summed E-state index contributed by atoms with van der Waals surface area (Å²) in [4.78, 5) is 9.06. The van der Waals surface area contributed by atoms with Crippen molar-refractivity contribution in [2.24, 2.45) is 4.99 Å². The molecular formula is C21H23N3O2. The van der Waals surface area contributed by atoms with Crippen LogP contribution < -0.4 is 4.74 Å². The van der Waals surface area contributed by atoms with Crippen molar-refractivity contribution in [2.75, 3.05) is 13.7 Å². The van der Waals surface area contributed by atoms with Gasteiger partial charge in [0.2, 0.25) is 0 Å². The maximum absolute atomic E-state index is 9.86. The number of rotatable bonds is 5. The van der Waals surface area contributed by atoms with Crippen molar-refractivity contribution in [1.29, 1.82) is 5.26 Å². The minimum absolute atomic E-state index is 0.351. The van der Waals surface area contributed by atoms with E-state index in [-0.39, 0.29) is 0 Å². The van der Waals surface area contributed by atoms with E-state index in [1.54, 1.807) is 7.11 Å². The molecule has 5 heteroatoms. The van der Waals surface area contributed by atoms with Crippen LogP contribution >= 0.6 is 0 Å². The van der Waals surface area contributed by atoms with Crippen LogP contribution in [0.25, 0.3) is 11.1 Å². The molecule has 0 saturated heterocycles. The summed E-state index contributed by atoms with van der Waals surface area (Å²) < 4.78 is 10.5. The average molecular weight is 349 g/mol. The summed E-state index contributed by atoms with van der Waals surface area (Å²) >= 11 is 0. The van der Waals surface area contributed by atoms with Crippen LogP contribution in [0.5, 0.6) is 5.75 Å². The lowest BCUT2D eigenvalue weighted by Gasteiger charge is -2.25. The van der Waals surface area contributed by atoms with E-state index in [4.69, 9.17) is 14.5 Å². The summed E-state index contributed by atoms with van der Waals surface area (Å²) in [7, 11) is 1.65. The molecule has 0 fully saturated rings. The lowest BCUT2D eigenvalue weighted by Crippen LogP contribution is -2.12. The molecule has 26 heavy (non-hydrogen) atoms. The normalized spacial score (nSPS) is 16.2. The van der Waals surface area contributed by atoms with Crippen LogP contribution in [0.2, 0.25) is 0 Å². The number of benzene rings is 1. The Kier molecular flexibility index (Phi) is 5.52. The van der Waals surface area contributed by atoms with E-state index in [0.29, 0.717) is 23.9 Å². The van der Waals surface area contributed by atoms with Gasteiger partial charge in [0.1, 0.15) is 17.4 Å². The number of nitrogens with zero attached hydrogens (tertiary/aromatic N) is 3. The molecule has 1 aromatic heterocycles. The average Bonchev–Trinajstić information content (AvgIpc) is 2.68. The number of nitriles is 1. The van der Waals surface area contributed by atoms with Gasteiger partial charge in [-0.2, -0.15) is 10.3 Å². The van der Waals surface area contributed by atoms with Crippen LogP contribution in [-0.4, -0.2) is 25.1 Å². The topological polar surface area (TPSA) is 67.5 Å². The summed E-state index contributed by atoms with van der Waals surface area (Å²) in [6.45, 7) is 4.60. The van der Waals surface area contributed by atoms with Gasteiger partial charge in [-0.15, -0.1) is 0 Å². The number of hydrogen-bond acceptors (Lipinski definition) is 5. The van der Waals surface area contributed by atoms with Crippen LogP contribution in [0, 0.1) is 11.3 Å². The molecule has 0 spiro atoms. The van der Waals surface area contributed by atoms with Crippen LogP contribution in [0.3, 0.4) is 0 Å². The van der Waals surface area contributed by atoms with Crippen molar-refractivity contribution in [3.05, 3.63) is 41.1 Å². The molecule has 134 valence electrons. The first-order chi connectivity index (χ1) is 12.7. The minimum Gasteiger partial charge on any atom is -0.497 e. The van der Waals surface area contributed by atoms with E-state index < -0.39 is 0 Å². The zero-order valence-corrected chi connectivity index (χ0v) is 15.5. The third-order valence-electron chi connectivity index (χ3n) is 4.75. The third-order valence-corrected chi connectivity index (χ3v) is 4.75. The van der Waals surface area contributed by atoms with Crippen LogP contribution in [0.1, 0.15) is 49.4 Å². The Hall–Kier alpha value is -2.87. The van der Waals surface area contributed by atoms with Gasteiger partial charge in [-0.1, -0.05) is 19.1 Å². The minimum atomic E-state index is 0.351. The second-order valence-electron chi connectivity index (χ2n) is 6.37. The predicted molar refractivity (Wildman–Crippen MR) is 102 cm³/mol. The molecule has 1 atom stereocenters. The first-order valence-electron chi connectivity index (χ1n) is 8.95. The fraction of sp³-hybridized carbons (Fsp3) is 0.381. The molecule has 2 aromatic rings. The van der Waals surface area contributed by atoms with Gasteiger partial charge in [0.05, 0.1) is 13.7 Å². The Labute approximate surface area is 154 Å². The maximum Gasteiger partial charge on any atom is 0.176 e. The predicted octanol–water partition coefficient (Wildman–Crippen LogP) is 4.76.